The first-order chi connectivity index (χ1) is 13.6. The normalized spacial score (nSPS) is 14.8. The number of aromatic nitrogens is 3. The molecule has 0 bridgehead atoms. The van der Waals surface area contributed by atoms with Crippen molar-refractivity contribution in [3.8, 4) is 6.07 Å². The van der Waals surface area contributed by atoms with Crippen molar-refractivity contribution >= 4 is 22.8 Å². The average Bonchev–Trinajstić information content (AvgIpc) is 3.21. The van der Waals surface area contributed by atoms with E-state index >= 15 is 0 Å². The molecule has 3 aromatic rings. The highest BCUT2D eigenvalue weighted by molar-refractivity contribution is 5.94. The van der Waals surface area contributed by atoms with Gasteiger partial charge in [0.15, 0.2) is 0 Å². The van der Waals surface area contributed by atoms with E-state index in [2.05, 4.69) is 19.9 Å². The van der Waals surface area contributed by atoms with Gasteiger partial charge in [-0.15, -0.1) is 0 Å². The van der Waals surface area contributed by atoms with Crippen LogP contribution in [0.4, 0.5) is 10.2 Å². The van der Waals surface area contributed by atoms with E-state index in [1.807, 2.05) is 19.3 Å². The summed E-state index contributed by atoms with van der Waals surface area (Å²) in [5.74, 6) is -0.00741. The highest BCUT2D eigenvalue weighted by Gasteiger charge is 2.27. The summed E-state index contributed by atoms with van der Waals surface area (Å²) in [6.07, 6.45) is 4.96. The number of likely N-dealkylation sites (tertiary alicyclic amines) is 1. The number of nitriles is 1. The zero-order chi connectivity index (χ0) is 19.7. The van der Waals surface area contributed by atoms with Crippen LogP contribution >= 0.6 is 0 Å². The number of fused-ring (bicyclic) bond motifs is 1. The number of halogens is 1. The molecule has 2 aromatic heterocycles. The predicted octanol–water partition coefficient (Wildman–Crippen LogP) is 2.71. The molecule has 28 heavy (non-hydrogen) atoms. The number of carbonyl (C=O) groups is 1. The van der Waals surface area contributed by atoms with Gasteiger partial charge in [0.2, 0.25) is 0 Å². The van der Waals surface area contributed by atoms with Gasteiger partial charge in [-0.1, -0.05) is 0 Å². The number of aromatic amines is 1. The molecule has 8 heteroatoms. The summed E-state index contributed by atoms with van der Waals surface area (Å²) >= 11 is 0. The Hall–Kier alpha value is -3.47. The third-order valence-corrected chi connectivity index (χ3v) is 5.30. The van der Waals surface area contributed by atoms with E-state index < -0.39 is 5.82 Å². The van der Waals surface area contributed by atoms with Gasteiger partial charge in [-0.05, 0) is 37.1 Å². The van der Waals surface area contributed by atoms with E-state index in [0.29, 0.717) is 13.1 Å². The second-order valence-corrected chi connectivity index (χ2v) is 6.88. The number of nitrogens with one attached hydrogen (secondary N) is 1. The number of rotatable bonds is 3. The number of carbonyl (C=O) groups excluding carboxylic acids is 1. The minimum absolute atomic E-state index is 0.0576. The van der Waals surface area contributed by atoms with Gasteiger partial charge in [0, 0.05) is 37.9 Å². The molecule has 0 aliphatic carbocycles. The van der Waals surface area contributed by atoms with E-state index in [1.165, 1.54) is 12.1 Å². The predicted molar refractivity (Wildman–Crippen MR) is 102 cm³/mol. The van der Waals surface area contributed by atoms with Crippen LogP contribution in [0.15, 0.2) is 36.8 Å². The Balaban J connectivity index is 1.44. The minimum atomic E-state index is -0.665. The smallest absolute Gasteiger partial charge is 0.253 e. The molecule has 0 saturated carbocycles. The Kier molecular flexibility index (Phi) is 4.65. The summed E-state index contributed by atoms with van der Waals surface area (Å²) in [7, 11) is 2.01. The van der Waals surface area contributed by atoms with Crippen LogP contribution in [0.3, 0.4) is 0 Å². The first-order valence-corrected chi connectivity index (χ1v) is 9.08. The zero-order valence-corrected chi connectivity index (χ0v) is 15.4. The first kappa shape index (κ1) is 17.9. The molecule has 1 fully saturated rings. The molecule has 3 heterocycles. The molecule has 0 atom stereocenters. The quantitative estimate of drug-likeness (QED) is 0.757. The van der Waals surface area contributed by atoms with Gasteiger partial charge in [-0.3, -0.25) is 4.79 Å². The number of piperidine rings is 1. The number of amides is 1. The molecular weight excluding hydrogens is 359 g/mol. The molecule has 0 spiro atoms. The van der Waals surface area contributed by atoms with Crippen molar-refractivity contribution in [2.24, 2.45) is 0 Å². The molecule has 1 aromatic carbocycles. The Labute approximate surface area is 161 Å². The minimum Gasteiger partial charge on any atom is -0.356 e. The van der Waals surface area contributed by atoms with Crippen LogP contribution in [0.25, 0.3) is 11.0 Å². The molecule has 4 rings (SSSR count). The Morgan fingerprint density at radius 1 is 1.32 bits per heavy atom. The summed E-state index contributed by atoms with van der Waals surface area (Å²) in [4.78, 5) is 28.3. The summed E-state index contributed by atoms with van der Waals surface area (Å²) in [5, 5.41) is 9.79. The maximum absolute atomic E-state index is 13.8. The Bertz CT molecular complexity index is 1060. The van der Waals surface area contributed by atoms with Crippen molar-refractivity contribution in [2.75, 3.05) is 25.0 Å². The Morgan fingerprint density at radius 3 is 2.82 bits per heavy atom. The van der Waals surface area contributed by atoms with E-state index in [9.17, 15) is 9.18 Å². The molecule has 1 aliphatic heterocycles. The van der Waals surface area contributed by atoms with Crippen LogP contribution in [0, 0.1) is 17.1 Å². The lowest BCUT2D eigenvalue weighted by atomic mass is 10.0. The highest BCUT2D eigenvalue weighted by atomic mass is 19.1. The number of H-pyrrole nitrogens is 1. The summed E-state index contributed by atoms with van der Waals surface area (Å²) < 4.78 is 13.8. The van der Waals surface area contributed by atoms with Crippen molar-refractivity contribution in [2.45, 2.75) is 18.9 Å². The summed E-state index contributed by atoms with van der Waals surface area (Å²) in [6, 6.07) is 7.96. The number of hydrogen-bond acceptors (Lipinski definition) is 5. The third-order valence-electron chi connectivity index (χ3n) is 5.30. The second kappa shape index (κ2) is 7.27. The van der Waals surface area contributed by atoms with Crippen LogP contribution < -0.4 is 4.90 Å². The first-order valence-electron chi connectivity index (χ1n) is 9.08. The molecule has 1 N–H and O–H groups in total. The largest absolute Gasteiger partial charge is 0.356 e. The van der Waals surface area contributed by atoms with E-state index in [0.717, 1.165) is 35.8 Å². The molecule has 142 valence electrons. The zero-order valence-electron chi connectivity index (χ0n) is 15.4. The molecule has 0 unspecified atom stereocenters. The van der Waals surface area contributed by atoms with Crippen LogP contribution in [-0.4, -0.2) is 51.9 Å². The molecule has 1 amide bonds. The van der Waals surface area contributed by atoms with Gasteiger partial charge in [0.25, 0.3) is 5.91 Å². The lowest BCUT2D eigenvalue weighted by Gasteiger charge is -2.37. The number of benzene rings is 1. The van der Waals surface area contributed by atoms with Gasteiger partial charge in [0.05, 0.1) is 10.9 Å². The van der Waals surface area contributed by atoms with Crippen molar-refractivity contribution in [1.29, 1.82) is 5.26 Å². The fourth-order valence-electron chi connectivity index (χ4n) is 3.69. The van der Waals surface area contributed by atoms with Gasteiger partial charge in [-0.25, -0.2) is 14.4 Å². The van der Waals surface area contributed by atoms with Crippen LogP contribution in [-0.2, 0) is 0 Å². The van der Waals surface area contributed by atoms with Gasteiger partial charge in [0.1, 0.15) is 29.7 Å². The lowest BCUT2D eigenvalue weighted by molar-refractivity contribution is 0.0712. The number of hydrogen-bond donors (Lipinski definition) is 1. The SMILES string of the molecule is CN(c1ncnc2[nH]ccc12)C1CCN(C(=O)c2ccc(C#N)c(F)c2)CC1. The maximum atomic E-state index is 13.8. The average molecular weight is 378 g/mol. The molecule has 7 nitrogen and oxygen atoms in total. The number of nitrogens with zero attached hydrogens (tertiary/aromatic N) is 5. The van der Waals surface area contributed by atoms with E-state index in [-0.39, 0.29) is 23.1 Å². The molecule has 1 saturated heterocycles. The van der Waals surface area contributed by atoms with Crippen molar-refractivity contribution in [3.63, 3.8) is 0 Å². The monoisotopic (exact) mass is 378 g/mol. The van der Waals surface area contributed by atoms with Crippen LogP contribution in [0.2, 0.25) is 0 Å². The topological polar surface area (TPSA) is 88.9 Å². The van der Waals surface area contributed by atoms with E-state index in [4.69, 9.17) is 5.26 Å². The maximum Gasteiger partial charge on any atom is 0.253 e. The van der Waals surface area contributed by atoms with E-state index in [1.54, 1.807) is 17.3 Å². The summed E-state index contributed by atoms with van der Waals surface area (Å²) in [6.45, 7) is 1.16. The second-order valence-electron chi connectivity index (χ2n) is 6.88. The fourth-order valence-corrected chi connectivity index (χ4v) is 3.69. The van der Waals surface area contributed by atoms with Crippen LogP contribution in [0.1, 0.15) is 28.8 Å². The molecule has 0 radical (unpaired) electrons. The molecule has 1 aliphatic rings. The molecular formula is C20H19FN6O. The van der Waals surface area contributed by atoms with Gasteiger partial charge < -0.3 is 14.8 Å². The van der Waals surface area contributed by atoms with Crippen molar-refractivity contribution < 1.29 is 9.18 Å². The third kappa shape index (κ3) is 3.16. The van der Waals surface area contributed by atoms with Crippen molar-refractivity contribution in [1.82, 2.24) is 19.9 Å². The standard InChI is InChI=1S/C20H19FN6O/c1-26(19-16-4-7-23-18(16)24-12-25-19)15-5-8-27(9-6-15)20(28)13-2-3-14(11-22)17(21)10-13/h2-4,7,10,12,15H,5-6,8-9H2,1H3,(H,23,24,25). The van der Waals surface area contributed by atoms with Crippen LogP contribution in [0.5, 0.6) is 0 Å². The van der Waals surface area contributed by atoms with Crippen molar-refractivity contribution in [3.05, 3.63) is 53.7 Å². The van der Waals surface area contributed by atoms with Gasteiger partial charge >= 0.3 is 0 Å². The van der Waals surface area contributed by atoms with Gasteiger partial charge in [-0.2, -0.15) is 5.26 Å². The summed E-state index contributed by atoms with van der Waals surface area (Å²) in [5.41, 5.74) is 1.01. The fraction of sp³-hybridized carbons (Fsp3) is 0.300. The number of anilines is 1. The Morgan fingerprint density at radius 2 is 2.11 bits per heavy atom. The lowest BCUT2D eigenvalue weighted by Crippen LogP contribution is -2.46. The highest BCUT2D eigenvalue weighted by Crippen LogP contribution is 2.26.